The van der Waals surface area contributed by atoms with Gasteiger partial charge in [-0.05, 0) is 18.6 Å². The molecule has 5 nitrogen and oxygen atoms in total. The van der Waals surface area contributed by atoms with Crippen LogP contribution in [0, 0.1) is 11.3 Å². The van der Waals surface area contributed by atoms with Crippen LogP contribution in [0.3, 0.4) is 0 Å². The van der Waals surface area contributed by atoms with E-state index in [1.54, 1.807) is 10.9 Å². The van der Waals surface area contributed by atoms with Gasteiger partial charge in [-0.25, -0.2) is 4.68 Å². The van der Waals surface area contributed by atoms with Gasteiger partial charge in [0.1, 0.15) is 0 Å². The number of nitrogens with zero attached hydrogens (tertiary/aromatic N) is 3. The number of benzene rings is 1. The first-order chi connectivity index (χ1) is 11.5. The average Bonchev–Trinajstić information content (AvgIpc) is 3.23. The van der Waals surface area contributed by atoms with Gasteiger partial charge in [-0.3, -0.25) is 4.79 Å². The van der Waals surface area contributed by atoms with Crippen LogP contribution in [0.5, 0.6) is 0 Å². The summed E-state index contributed by atoms with van der Waals surface area (Å²) >= 11 is 0. The molecule has 4 rings (SSSR count). The fourth-order valence-electron chi connectivity index (χ4n) is 4.57. The molecule has 24 heavy (non-hydrogen) atoms. The molecule has 0 unspecified atom stereocenters. The van der Waals surface area contributed by atoms with Crippen molar-refractivity contribution in [3.63, 3.8) is 0 Å². The maximum absolute atomic E-state index is 12.9. The molecule has 5 heteroatoms. The summed E-state index contributed by atoms with van der Waals surface area (Å²) in [5.74, 6) is 0.485. The third-order valence-electron chi connectivity index (χ3n) is 5.63. The number of ether oxygens (including phenoxy) is 1. The quantitative estimate of drug-likeness (QED) is 0.872. The first kappa shape index (κ1) is 15.4. The monoisotopic (exact) mass is 325 g/mol. The topological polar surface area (TPSA) is 47.4 Å². The number of hydrogen-bond acceptors (Lipinski definition) is 3. The summed E-state index contributed by atoms with van der Waals surface area (Å²) in [6.45, 7) is 5.20. The van der Waals surface area contributed by atoms with Crippen LogP contribution in [0.1, 0.15) is 30.6 Å². The molecule has 2 aromatic rings. The normalized spacial score (nSPS) is 27.4. The second kappa shape index (κ2) is 5.45. The van der Waals surface area contributed by atoms with Crippen molar-refractivity contribution in [2.45, 2.75) is 32.4 Å². The van der Waals surface area contributed by atoms with Crippen LogP contribution in [-0.4, -0.2) is 46.4 Å². The van der Waals surface area contributed by atoms with E-state index in [4.69, 9.17) is 4.74 Å². The van der Waals surface area contributed by atoms with E-state index in [1.165, 1.54) is 0 Å². The Kier molecular flexibility index (Phi) is 3.49. The van der Waals surface area contributed by atoms with Gasteiger partial charge < -0.3 is 9.64 Å². The number of carbonyl (C=O) groups is 1. The lowest BCUT2D eigenvalue weighted by Gasteiger charge is -2.57. The van der Waals surface area contributed by atoms with Crippen LogP contribution in [0.25, 0.3) is 5.69 Å². The highest BCUT2D eigenvalue weighted by molar-refractivity contribution is 5.94. The molecule has 0 spiro atoms. The predicted molar refractivity (Wildman–Crippen MR) is 91.1 cm³/mol. The molecule has 0 bridgehead atoms. The van der Waals surface area contributed by atoms with E-state index in [0.717, 1.165) is 18.7 Å². The molecule has 1 aliphatic carbocycles. The van der Waals surface area contributed by atoms with Crippen LogP contribution < -0.4 is 0 Å². The smallest absolute Gasteiger partial charge is 0.257 e. The van der Waals surface area contributed by atoms with E-state index in [1.807, 2.05) is 48.5 Å². The largest absolute Gasteiger partial charge is 0.377 e. The minimum Gasteiger partial charge on any atom is -0.377 e. The maximum Gasteiger partial charge on any atom is 0.257 e. The Morgan fingerprint density at radius 1 is 1.33 bits per heavy atom. The Labute approximate surface area is 142 Å². The van der Waals surface area contributed by atoms with Crippen molar-refractivity contribution in [2.75, 3.05) is 13.7 Å². The van der Waals surface area contributed by atoms with Gasteiger partial charge in [0.15, 0.2) is 0 Å². The van der Waals surface area contributed by atoms with Gasteiger partial charge >= 0.3 is 0 Å². The number of carbonyl (C=O) groups excluding carboxylic acids is 1. The molecule has 2 heterocycles. The molecule has 1 aliphatic heterocycles. The third kappa shape index (κ3) is 2.18. The number of hydrogen-bond donors (Lipinski definition) is 0. The van der Waals surface area contributed by atoms with E-state index in [-0.39, 0.29) is 23.5 Å². The first-order valence-electron chi connectivity index (χ1n) is 8.49. The van der Waals surface area contributed by atoms with Crippen molar-refractivity contribution < 1.29 is 9.53 Å². The van der Waals surface area contributed by atoms with Gasteiger partial charge in [0.25, 0.3) is 5.91 Å². The summed E-state index contributed by atoms with van der Waals surface area (Å²) in [6, 6.07) is 10.0. The lowest BCUT2D eigenvalue weighted by atomic mass is 9.56. The first-order valence-corrected chi connectivity index (χ1v) is 8.49. The number of fused-ring (bicyclic) bond motifs is 1. The molecule has 2 aliphatic rings. The Bertz CT molecular complexity index is 753. The highest BCUT2D eigenvalue weighted by atomic mass is 16.5. The van der Waals surface area contributed by atoms with E-state index < -0.39 is 0 Å². The van der Waals surface area contributed by atoms with Crippen LogP contribution in [0.2, 0.25) is 0 Å². The van der Waals surface area contributed by atoms with E-state index >= 15 is 0 Å². The Balaban J connectivity index is 1.55. The zero-order valence-electron chi connectivity index (χ0n) is 14.3. The maximum atomic E-state index is 12.9. The van der Waals surface area contributed by atoms with Gasteiger partial charge in [0.05, 0.1) is 23.6 Å². The van der Waals surface area contributed by atoms with Crippen molar-refractivity contribution in [3.8, 4) is 5.69 Å². The molecule has 0 N–H and O–H groups in total. The fraction of sp³-hybridized carbons (Fsp3) is 0.474. The summed E-state index contributed by atoms with van der Waals surface area (Å²) in [5, 5.41) is 4.34. The van der Waals surface area contributed by atoms with Crippen molar-refractivity contribution in [1.29, 1.82) is 0 Å². The minimum absolute atomic E-state index is 0.000993. The van der Waals surface area contributed by atoms with Crippen molar-refractivity contribution >= 4 is 5.91 Å². The Hall–Kier alpha value is -2.14. The standard InChI is InChI=1S/C19H23N3O2/c1-19(2)16(15-9-10-24-17(15)19)21(3)18(23)13-11-20-22(12-13)14-7-5-4-6-8-14/h4-8,11-12,15-17H,9-10H2,1-3H3/t15-,16-,17+/m1/s1. The molecule has 2 fully saturated rings. The summed E-state index contributed by atoms with van der Waals surface area (Å²) < 4.78 is 7.59. The van der Waals surface area contributed by atoms with Gasteiger partial charge in [-0.1, -0.05) is 32.0 Å². The van der Waals surface area contributed by atoms with E-state index in [9.17, 15) is 4.79 Å². The highest BCUT2D eigenvalue weighted by Crippen LogP contribution is 2.54. The molecule has 1 saturated carbocycles. The summed E-state index contributed by atoms with van der Waals surface area (Å²) in [7, 11) is 1.91. The van der Waals surface area contributed by atoms with Crippen molar-refractivity contribution in [2.24, 2.45) is 11.3 Å². The molecule has 1 saturated heterocycles. The number of para-hydroxylation sites is 1. The SMILES string of the molecule is CN(C(=O)c1cnn(-c2ccccc2)c1)[C@@H]1[C@H]2CCO[C@@H]2C1(C)C. The van der Waals surface area contributed by atoms with Crippen molar-refractivity contribution in [3.05, 3.63) is 48.3 Å². The van der Waals surface area contributed by atoms with E-state index in [2.05, 4.69) is 18.9 Å². The van der Waals surface area contributed by atoms with E-state index in [0.29, 0.717) is 11.5 Å². The number of amides is 1. The lowest BCUT2D eigenvalue weighted by Crippen LogP contribution is -2.66. The van der Waals surface area contributed by atoms with Crippen LogP contribution >= 0.6 is 0 Å². The minimum atomic E-state index is 0.000993. The number of aromatic nitrogens is 2. The molecule has 1 amide bonds. The van der Waals surface area contributed by atoms with Crippen LogP contribution in [-0.2, 0) is 4.74 Å². The number of rotatable bonds is 3. The lowest BCUT2D eigenvalue weighted by molar-refractivity contribution is -0.139. The zero-order valence-corrected chi connectivity index (χ0v) is 14.3. The highest BCUT2D eigenvalue weighted by Gasteiger charge is 2.61. The third-order valence-corrected chi connectivity index (χ3v) is 5.63. The summed E-state index contributed by atoms with van der Waals surface area (Å²) in [4.78, 5) is 14.8. The molecular formula is C19H23N3O2. The molecule has 0 radical (unpaired) electrons. The second-order valence-corrected chi connectivity index (χ2v) is 7.44. The van der Waals surface area contributed by atoms with Crippen LogP contribution in [0.4, 0.5) is 0 Å². The average molecular weight is 325 g/mol. The van der Waals surface area contributed by atoms with Gasteiger partial charge in [-0.2, -0.15) is 5.10 Å². The summed E-state index contributed by atoms with van der Waals surface area (Å²) in [6.07, 6.45) is 4.78. The Morgan fingerprint density at radius 3 is 2.83 bits per heavy atom. The Morgan fingerprint density at radius 2 is 2.08 bits per heavy atom. The van der Waals surface area contributed by atoms with Gasteiger partial charge in [0, 0.05) is 37.2 Å². The molecular weight excluding hydrogens is 302 g/mol. The molecule has 126 valence electrons. The van der Waals surface area contributed by atoms with Crippen LogP contribution in [0.15, 0.2) is 42.7 Å². The molecule has 1 aromatic heterocycles. The fourth-order valence-corrected chi connectivity index (χ4v) is 4.57. The van der Waals surface area contributed by atoms with Gasteiger partial charge in [-0.15, -0.1) is 0 Å². The zero-order chi connectivity index (χ0) is 16.9. The van der Waals surface area contributed by atoms with Gasteiger partial charge in [0.2, 0.25) is 0 Å². The second-order valence-electron chi connectivity index (χ2n) is 7.44. The molecule has 3 atom stereocenters. The predicted octanol–water partition coefficient (Wildman–Crippen LogP) is 2.76. The van der Waals surface area contributed by atoms with Crippen molar-refractivity contribution in [1.82, 2.24) is 14.7 Å². The summed E-state index contributed by atoms with van der Waals surface area (Å²) in [5.41, 5.74) is 1.58. The molecule has 1 aromatic carbocycles.